The fourth-order valence-corrected chi connectivity index (χ4v) is 1.75. The highest BCUT2D eigenvalue weighted by Crippen LogP contribution is 2.28. The van der Waals surface area contributed by atoms with Gasteiger partial charge in [-0.05, 0) is 6.07 Å². The SMILES string of the molecule is COc1nc(C(F)F)c(C#N)cc1S(N)(=O)=O. The molecule has 0 unspecified atom stereocenters. The maximum absolute atomic E-state index is 12.5. The van der Waals surface area contributed by atoms with Crippen LogP contribution in [0.25, 0.3) is 0 Å². The molecular formula is C8H7F2N3O3S. The maximum atomic E-state index is 12.5. The van der Waals surface area contributed by atoms with E-state index in [1.807, 2.05) is 0 Å². The number of halogens is 2. The van der Waals surface area contributed by atoms with Crippen LogP contribution in [0.1, 0.15) is 17.7 Å². The van der Waals surface area contributed by atoms with Gasteiger partial charge in [-0.2, -0.15) is 5.26 Å². The van der Waals surface area contributed by atoms with Crippen LogP contribution >= 0.6 is 0 Å². The third kappa shape index (κ3) is 2.66. The lowest BCUT2D eigenvalue weighted by molar-refractivity contribution is 0.144. The summed E-state index contributed by atoms with van der Waals surface area (Å²) in [5.74, 6) is -0.568. The van der Waals surface area contributed by atoms with Crippen molar-refractivity contribution in [1.29, 1.82) is 5.26 Å². The maximum Gasteiger partial charge on any atom is 0.281 e. The van der Waals surface area contributed by atoms with E-state index in [0.29, 0.717) is 6.07 Å². The number of sulfonamides is 1. The summed E-state index contributed by atoms with van der Waals surface area (Å²) in [6.45, 7) is 0. The van der Waals surface area contributed by atoms with Crippen LogP contribution in [-0.2, 0) is 10.0 Å². The number of methoxy groups -OCH3 is 1. The molecule has 0 atom stereocenters. The van der Waals surface area contributed by atoms with Gasteiger partial charge in [0.05, 0.1) is 12.7 Å². The van der Waals surface area contributed by atoms with Gasteiger partial charge >= 0.3 is 0 Å². The van der Waals surface area contributed by atoms with Crippen LogP contribution in [0.3, 0.4) is 0 Å². The Labute approximate surface area is 95.7 Å². The molecule has 1 heterocycles. The summed E-state index contributed by atoms with van der Waals surface area (Å²) in [6, 6.07) is 2.13. The average Bonchev–Trinajstić information content (AvgIpc) is 2.25. The fraction of sp³-hybridized carbons (Fsp3) is 0.250. The molecule has 0 aliphatic carbocycles. The molecule has 0 amide bonds. The van der Waals surface area contributed by atoms with Gasteiger partial charge in [0.15, 0.2) is 0 Å². The first-order valence-electron chi connectivity index (χ1n) is 4.11. The van der Waals surface area contributed by atoms with Crippen molar-refractivity contribution in [1.82, 2.24) is 4.98 Å². The van der Waals surface area contributed by atoms with Crippen molar-refractivity contribution in [2.75, 3.05) is 7.11 Å². The Bertz CT molecular complexity index is 580. The molecule has 0 aliphatic rings. The number of nitrogens with zero attached hydrogens (tertiary/aromatic N) is 2. The van der Waals surface area contributed by atoms with Gasteiger partial charge in [-0.1, -0.05) is 0 Å². The second-order valence-electron chi connectivity index (χ2n) is 2.89. The Morgan fingerprint density at radius 1 is 1.59 bits per heavy atom. The first-order valence-corrected chi connectivity index (χ1v) is 5.66. The molecule has 0 saturated carbocycles. The second-order valence-corrected chi connectivity index (χ2v) is 4.42. The smallest absolute Gasteiger partial charge is 0.281 e. The highest BCUT2D eigenvalue weighted by atomic mass is 32.2. The van der Waals surface area contributed by atoms with Crippen LogP contribution in [0.15, 0.2) is 11.0 Å². The van der Waals surface area contributed by atoms with Crippen molar-refractivity contribution in [3.8, 4) is 11.9 Å². The number of alkyl halides is 2. The number of aromatic nitrogens is 1. The third-order valence-corrected chi connectivity index (χ3v) is 2.72. The standard InChI is InChI=1S/C8H7F2N3O3S/c1-16-8-5(17(12,14)15)2-4(3-11)6(13-8)7(9)10/h2,7H,1H3,(H2,12,14,15). The summed E-state index contributed by atoms with van der Waals surface area (Å²) < 4.78 is 51.8. The predicted molar refractivity (Wildman–Crippen MR) is 51.8 cm³/mol. The Balaban J connectivity index is 3.62. The average molecular weight is 263 g/mol. The number of nitriles is 1. The van der Waals surface area contributed by atoms with Crippen LogP contribution in [0.2, 0.25) is 0 Å². The summed E-state index contributed by atoms with van der Waals surface area (Å²) in [6.07, 6.45) is -3.02. The molecule has 9 heteroatoms. The molecule has 92 valence electrons. The molecule has 2 N–H and O–H groups in total. The van der Waals surface area contributed by atoms with Crippen molar-refractivity contribution in [3.05, 3.63) is 17.3 Å². The van der Waals surface area contributed by atoms with Crippen LogP contribution in [0, 0.1) is 11.3 Å². The third-order valence-electron chi connectivity index (χ3n) is 1.81. The summed E-state index contributed by atoms with van der Waals surface area (Å²) in [5.41, 5.74) is -1.42. The highest BCUT2D eigenvalue weighted by Gasteiger charge is 2.24. The van der Waals surface area contributed by atoms with Crippen LogP contribution in [0.5, 0.6) is 5.88 Å². The highest BCUT2D eigenvalue weighted by molar-refractivity contribution is 7.89. The molecule has 1 aromatic rings. The first kappa shape index (κ1) is 13.3. The van der Waals surface area contributed by atoms with Gasteiger partial charge in [0.1, 0.15) is 16.7 Å². The summed E-state index contributed by atoms with van der Waals surface area (Å²) in [4.78, 5) is 2.66. The van der Waals surface area contributed by atoms with E-state index in [1.54, 1.807) is 0 Å². The van der Waals surface area contributed by atoms with E-state index in [4.69, 9.17) is 10.4 Å². The molecule has 0 spiro atoms. The zero-order valence-electron chi connectivity index (χ0n) is 8.52. The van der Waals surface area contributed by atoms with Gasteiger partial charge < -0.3 is 4.74 Å². The second kappa shape index (κ2) is 4.60. The van der Waals surface area contributed by atoms with Crippen molar-refractivity contribution in [3.63, 3.8) is 0 Å². The molecule has 0 bridgehead atoms. The van der Waals surface area contributed by atoms with Gasteiger partial charge in [0.2, 0.25) is 15.9 Å². The van der Waals surface area contributed by atoms with E-state index < -0.39 is 38.5 Å². The van der Waals surface area contributed by atoms with Gasteiger partial charge in [0, 0.05) is 0 Å². The van der Waals surface area contributed by atoms with Crippen LogP contribution in [-0.4, -0.2) is 20.5 Å². The zero-order chi connectivity index (χ0) is 13.2. The van der Waals surface area contributed by atoms with Crippen molar-refractivity contribution in [2.45, 2.75) is 11.3 Å². The minimum absolute atomic E-state index is 0.565. The molecule has 6 nitrogen and oxygen atoms in total. The number of primary sulfonamides is 1. The Kier molecular flexibility index (Phi) is 3.59. The van der Waals surface area contributed by atoms with E-state index in [-0.39, 0.29) is 0 Å². The van der Waals surface area contributed by atoms with Gasteiger partial charge in [-0.3, -0.25) is 0 Å². The number of nitrogens with two attached hydrogens (primary N) is 1. The molecule has 0 saturated heterocycles. The predicted octanol–water partition coefficient (Wildman–Crippen LogP) is 0.547. The monoisotopic (exact) mass is 263 g/mol. The van der Waals surface area contributed by atoms with E-state index >= 15 is 0 Å². The van der Waals surface area contributed by atoms with Crippen LogP contribution < -0.4 is 9.88 Å². The lowest BCUT2D eigenvalue weighted by atomic mass is 10.2. The number of ether oxygens (including phenoxy) is 1. The topological polar surface area (TPSA) is 106 Å². The summed E-state index contributed by atoms with van der Waals surface area (Å²) >= 11 is 0. The number of rotatable bonds is 3. The first-order chi connectivity index (χ1) is 7.81. The fourth-order valence-electron chi connectivity index (χ4n) is 1.10. The largest absolute Gasteiger partial charge is 0.480 e. The van der Waals surface area contributed by atoms with Crippen molar-refractivity contribution < 1.29 is 21.9 Å². The summed E-state index contributed by atoms with van der Waals surface area (Å²) in [5, 5.41) is 13.5. The minimum Gasteiger partial charge on any atom is -0.480 e. The molecule has 0 radical (unpaired) electrons. The van der Waals surface area contributed by atoms with Gasteiger partial charge in [-0.15, -0.1) is 0 Å². The Hall–Kier alpha value is -1.79. The molecule has 0 aromatic carbocycles. The van der Waals surface area contributed by atoms with E-state index in [9.17, 15) is 17.2 Å². The molecule has 17 heavy (non-hydrogen) atoms. The van der Waals surface area contributed by atoms with Crippen molar-refractivity contribution >= 4 is 10.0 Å². The normalized spacial score (nSPS) is 11.3. The van der Waals surface area contributed by atoms with E-state index in [0.717, 1.165) is 7.11 Å². The Morgan fingerprint density at radius 3 is 2.53 bits per heavy atom. The lowest BCUT2D eigenvalue weighted by Crippen LogP contribution is -2.15. The van der Waals surface area contributed by atoms with E-state index in [2.05, 4.69) is 9.72 Å². The summed E-state index contributed by atoms with van der Waals surface area (Å²) in [7, 11) is -3.15. The molecule has 1 aromatic heterocycles. The Morgan fingerprint density at radius 2 is 2.18 bits per heavy atom. The number of hydrogen-bond acceptors (Lipinski definition) is 5. The molecule has 0 aliphatic heterocycles. The number of hydrogen-bond donors (Lipinski definition) is 1. The zero-order valence-corrected chi connectivity index (χ0v) is 9.33. The molecular weight excluding hydrogens is 256 g/mol. The lowest BCUT2D eigenvalue weighted by Gasteiger charge is -2.09. The quantitative estimate of drug-likeness (QED) is 0.856. The van der Waals surface area contributed by atoms with Gasteiger partial charge in [-0.25, -0.2) is 27.3 Å². The van der Waals surface area contributed by atoms with Gasteiger partial charge in [0.25, 0.3) is 6.43 Å². The molecule has 1 rings (SSSR count). The van der Waals surface area contributed by atoms with E-state index in [1.165, 1.54) is 6.07 Å². The number of pyridine rings is 1. The molecule has 0 fully saturated rings. The van der Waals surface area contributed by atoms with Crippen LogP contribution in [0.4, 0.5) is 8.78 Å². The van der Waals surface area contributed by atoms with Crippen molar-refractivity contribution in [2.24, 2.45) is 5.14 Å². The minimum atomic E-state index is -4.20.